The van der Waals surface area contributed by atoms with Crippen LogP contribution in [0.2, 0.25) is 0 Å². The fraction of sp³-hybridized carbons (Fsp3) is 0.259. The number of hydrogen-bond acceptors (Lipinski definition) is 9. The van der Waals surface area contributed by atoms with E-state index in [9.17, 15) is 9.59 Å². The molecule has 2 aromatic carbocycles. The van der Waals surface area contributed by atoms with Crippen molar-refractivity contribution in [3.05, 3.63) is 83.5 Å². The van der Waals surface area contributed by atoms with Crippen molar-refractivity contribution in [2.24, 2.45) is 4.99 Å². The minimum absolute atomic E-state index is 0.0738. The minimum atomic E-state index is -0.774. The molecule has 0 fully saturated rings. The van der Waals surface area contributed by atoms with Gasteiger partial charge in [0.05, 0.1) is 40.9 Å². The molecule has 3 aromatic rings. The SMILES string of the molecule is CCOc1ccc([C@H]2C(C(=O)OC)=CN=c3s/c(=C\c4ccc(OCC#N)c(Br)c4)c(=O)n32)cc1OCC. The van der Waals surface area contributed by atoms with Crippen molar-refractivity contribution in [2.45, 2.75) is 19.9 Å². The first-order valence-electron chi connectivity index (χ1n) is 11.7. The van der Waals surface area contributed by atoms with E-state index in [4.69, 9.17) is 24.2 Å². The van der Waals surface area contributed by atoms with Crippen molar-refractivity contribution in [3.8, 4) is 23.3 Å². The summed E-state index contributed by atoms with van der Waals surface area (Å²) >= 11 is 4.65. The highest BCUT2D eigenvalue weighted by Crippen LogP contribution is 2.35. The summed E-state index contributed by atoms with van der Waals surface area (Å²) in [5.74, 6) is 1.02. The maximum absolute atomic E-state index is 13.7. The van der Waals surface area contributed by atoms with E-state index in [1.807, 2.05) is 19.9 Å². The Balaban J connectivity index is 1.84. The lowest BCUT2D eigenvalue weighted by Gasteiger charge is -2.23. The fourth-order valence-corrected chi connectivity index (χ4v) is 5.45. The quantitative estimate of drug-likeness (QED) is 0.347. The summed E-state index contributed by atoms with van der Waals surface area (Å²) < 4.78 is 24.4. The van der Waals surface area contributed by atoms with Crippen LogP contribution in [0.3, 0.4) is 0 Å². The second-order valence-electron chi connectivity index (χ2n) is 7.88. The monoisotopic (exact) mass is 597 g/mol. The molecule has 1 atom stereocenters. The smallest absolute Gasteiger partial charge is 0.337 e. The van der Waals surface area contributed by atoms with Crippen LogP contribution in [-0.4, -0.2) is 37.5 Å². The number of nitrogens with zero attached hydrogens (tertiary/aromatic N) is 3. The van der Waals surface area contributed by atoms with E-state index >= 15 is 0 Å². The number of carbonyl (C=O) groups excluding carboxylic acids is 1. The second-order valence-corrected chi connectivity index (χ2v) is 9.75. The number of ether oxygens (including phenoxy) is 4. The van der Waals surface area contributed by atoms with E-state index in [0.717, 1.165) is 5.56 Å². The molecule has 4 rings (SSSR count). The minimum Gasteiger partial charge on any atom is -0.490 e. The van der Waals surface area contributed by atoms with Gasteiger partial charge in [0.25, 0.3) is 5.56 Å². The molecule has 0 amide bonds. The lowest BCUT2D eigenvalue weighted by molar-refractivity contribution is -0.136. The standard InChI is InChI=1S/C27H24BrN3O6S/c1-4-35-21-9-7-17(14-22(21)36-5-2)24-18(26(33)34-3)15-30-27-31(24)25(32)23(38-27)13-16-6-8-20(19(28)12-16)37-11-10-29/h6-9,12-15,24H,4-5,11H2,1-3H3/b23-13-/t24-/m0/s1. The van der Waals surface area contributed by atoms with Crippen LogP contribution in [0.15, 0.2) is 62.4 Å². The summed E-state index contributed by atoms with van der Waals surface area (Å²) in [6, 6.07) is 11.8. The van der Waals surface area contributed by atoms with Crippen LogP contribution in [0.5, 0.6) is 17.2 Å². The van der Waals surface area contributed by atoms with Gasteiger partial charge in [-0.2, -0.15) is 5.26 Å². The van der Waals surface area contributed by atoms with E-state index in [2.05, 4.69) is 20.9 Å². The van der Waals surface area contributed by atoms with Gasteiger partial charge in [0, 0.05) is 6.20 Å². The molecule has 1 aromatic heterocycles. The van der Waals surface area contributed by atoms with Crippen LogP contribution < -0.4 is 29.1 Å². The van der Waals surface area contributed by atoms with E-state index in [1.165, 1.54) is 29.2 Å². The van der Waals surface area contributed by atoms with Gasteiger partial charge < -0.3 is 18.9 Å². The van der Waals surface area contributed by atoms with Crippen molar-refractivity contribution >= 4 is 39.3 Å². The number of aromatic nitrogens is 1. The largest absolute Gasteiger partial charge is 0.490 e. The number of carbonyl (C=O) groups is 1. The van der Waals surface area contributed by atoms with E-state index in [-0.39, 0.29) is 17.7 Å². The zero-order chi connectivity index (χ0) is 27.2. The Labute approximate surface area is 231 Å². The molecule has 196 valence electrons. The number of esters is 1. The summed E-state index contributed by atoms with van der Waals surface area (Å²) in [4.78, 5) is 31.3. The van der Waals surface area contributed by atoms with Gasteiger partial charge in [0.2, 0.25) is 0 Å². The second kappa shape index (κ2) is 12.1. The summed E-state index contributed by atoms with van der Waals surface area (Å²) in [5, 5.41) is 8.74. The maximum Gasteiger partial charge on any atom is 0.337 e. The van der Waals surface area contributed by atoms with Crippen molar-refractivity contribution in [3.63, 3.8) is 0 Å². The van der Waals surface area contributed by atoms with E-state index in [0.29, 0.717) is 49.8 Å². The Morgan fingerprint density at radius 3 is 2.55 bits per heavy atom. The number of halogens is 1. The van der Waals surface area contributed by atoms with Crippen LogP contribution in [0.25, 0.3) is 6.08 Å². The highest BCUT2D eigenvalue weighted by atomic mass is 79.9. The van der Waals surface area contributed by atoms with Gasteiger partial charge >= 0.3 is 5.97 Å². The summed E-state index contributed by atoms with van der Waals surface area (Å²) in [7, 11) is 1.29. The molecule has 0 spiro atoms. The van der Waals surface area contributed by atoms with Gasteiger partial charge in [-0.25, -0.2) is 9.79 Å². The van der Waals surface area contributed by atoms with Gasteiger partial charge in [-0.15, -0.1) is 0 Å². The van der Waals surface area contributed by atoms with Crippen LogP contribution in [0.1, 0.15) is 31.0 Å². The number of benzene rings is 2. The predicted molar refractivity (Wildman–Crippen MR) is 145 cm³/mol. The molecule has 0 bridgehead atoms. The average Bonchev–Trinajstić information content (AvgIpc) is 3.23. The van der Waals surface area contributed by atoms with Crippen molar-refractivity contribution < 1.29 is 23.7 Å². The molecule has 9 nitrogen and oxygen atoms in total. The molecule has 1 aliphatic rings. The molecule has 38 heavy (non-hydrogen) atoms. The molecular formula is C27H24BrN3O6S. The average molecular weight is 598 g/mol. The molecule has 0 saturated heterocycles. The molecule has 0 saturated carbocycles. The lowest BCUT2D eigenvalue weighted by Crippen LogP contribution is -2.39. The normalized spacial score (nSPS) is 14.6. The first kappa shape index (κ1) is 27.2. The third-order valence-corrected chi connectivity index (χ3v) is 7.17. The number of thiazole rings is 1. The Bertz CT molecular complexity index is 1620. The third kappa shape index (κ3) is 5.51. The zero-order valence-electron chi connectivity index (χ0n) is 20.9. The van der Waals surface area contributed by atoms with Crippen LogP contribution >= 0.6 is 27.3 Å². The molecule has 0 unspecified atom stereocenters. The summed E-state index contributed by atoms with van der Waals surface area (Å²) in [6.07, 6.45) is 3.19. The summed E-state index contributed by atoms with van der Waals surface area (Å²) in [5.41, 5.74) is 1.31. The van der Waals surface area contributed by atoms with Gasteiger partial charge in [-0.3, -0.25) is 9.36 Å². The fourth-order valence-electron chi connectivity index (χ4n) is 3.97. The third-order valence-electron chi connectivity index (χ3n) is 5.55. The Morgan fingerprint density at radius 2 is 1.87 bits per heavy atom. The van der Waals surface area contributed by atoms with Crippen LogP contribution in [0.4, 0.5) is 0 Å². The molecule has 0 aliphatic carbocycles. The van der Waals surface area contributed by atoms with Gasteiger partial charge in [0.15, 0.2) is 22.9 Å². The molecule has 0 N–H and O–H groups in total. The zero-order valence-corrected chi connectivity index (χ0v) is 23.3. The highest BCUT2D eigenvalue weighted by molar-refractivity contribution is 9.10. The Kier molecular flexibility index (Phi) is 8.66. The first-order chi connectivity index (χ1) is 18.4. The summed E-state index contributed by atoms with van der Waals surface area (Å²) in [6.45, 7) is 4.55. The topological polar surface area (TPSA) is 112 Å². The molecular weight excluding hydrogens is 574 g/mol. The Hall–Kier alpha value is -3.88. The van der Waals surface area contributed by atoms with Crippen molar-refractivity contribution in [1.29, 1.82) is 5.26 Å². The van der Waals surface area contributed by atoms with E-state index in [1.54, 1.807) is 42.5 Å². The van der Waals surface area contributed by atoms with Crippen LogP contribution in [0, 0.1) is 11.3 Å². The molecule has 0 radical (unpaired) electrons. The number of nitriles is 1. The number of hydrogen-bond donors (Lipinski definition) is 0. The predicted octanol–water partition coefficient (Wildman–Crippen LogP) is 3.48. The van der Waals surface area contributed by atoms with Crippen LogP contribution in [-0.2, 0) is 9.53 Å². The number of methoxy groups -OCH3 is 1. The number of fused-ring (bicyclic) bond motifs is 1. The van der Waals surface area contributed by atoms with E-state index < -0.39 is 12.0 Å². The van der Waals surface area contributed by atoms with Crippen molar-refractivity contribution in [1.82, 2.24) is 4.57 Å². The van der Waals surface area contributed by atoms with Gasteiger partial charge in [-0.05, 0) is 71.2 Å². The first-order valence-corrected chi connectivity index (χ1v) is 13.3. The molecule has 1 aliphatic heterocycles. The number of rotatable bonds is 9. The maximum atomic E-state index is 13.7. The van der Waals surface area contributed by atoms with Gasteiger partial charge in [-0.1, -0.05) is 23.5 Å². The molecule has 11 heteroatoms. The van der Waals surface area contributed by atoms with Crippen molar-refractivity contribution in [2.75, 3.05) is 26.9 Å². The Morgan fingerprint density at radius 1 is 1.13 bits per heavy atom. The lowest BCUT2D eigenvalue weighted by atomic mass is 9.97. The van der Waals surface area contributed by atoms with Gasteiger partial charge in [0.1, 0.15) is 11.8 Å². The molecule has 2 heterocycles. The highest BCUT2D eigenvalue weighted by Gasteiger charge is 2.31.